The van der Waals surface area contributed by atoms with Gasteiger partial charge in [-0.2, -0.15) is 24.9 Å². The second kappa shape index (κ2) is 6.18. The summed E-state index contributed by atoms with van der Waals surface area (Å²) in [7, 11) is 1.82. The van der Waals surface area contributed by atoms with Crippen LogP contribution in [0.25, 0.3) is 0 Å². The summed E-state index contributed by atoms with van der Waals surface area (Å²) in [6.45, 7) is 0. The van der Waals surface area contributed by atoms with Gasteiger partial charge in [0.05, 0.1) is 5.56 Å². The summed E-state index contributed by atoms with van der Waals surface area (Å²) in [4.78, 5) is 0. The van der Waals surface area contributed by atoms with Crippen LogP contribution in [0.15, 0.2) is 24.3 Å². The Morgan fingerprint density at radius 2 is 2.16 bits per heavy atom. The van der Waals surface area contributed by atoms with Crippen LogP contribution in [0.5, 0.6) is 0 Å². The van der Waals surface area contributed by atoms with Gasteiger partial charge in [0, 0.05) is 6.04 Å². The molecule has 1 fully saturated rings. The summed E-state index contributed by atoms with van der Waals surface area (Å²) in [5, 5.41) is 3.19. The first kappa shape index (κ1) is 14.7. The van der Waals surface area contributed by atoms with Crippen molar-refractivity contribution in [2.75, 3.05) is 18.6 Å². The molecule has 1 aliphatic heterocycles. The molecule has 1 N–H and O–H groups in total. The zero-order valence-electron chi connectivity index (χ0n) is 10.8. The Balaban J connectivity index is 2.22. The molecule has 1 saturated heterocycles. The van der Waals surface area contributed by atoms with Crippen molar-refractivity contribution in [1.29, 1.82) is 0 Å². The molecule has 0 aliphatic carbocycles. The van der Waals surface area contributed by atoms with Gasteiger partial charge in [-0.15, -0.1) is 0 Å². The Kier molecular flexibility index (Phi) is 4.79. The van der Waals surface area contributed by atoms with E-state index in [9.17, 15) is 13.2 Å². The van der Waals surface area contributed by atoms with Gasteiger partial charge in [-0.25, -0.2) is 0 Å². The van der Waals surface area contributed by atoms with Crippen molar-refractivity contribution in [3.05, 3.63) is 35.4 Å². The predicted octanol–water partition coefficient (Wildman–Crippen LogP) is 4.11. The fourth-order valence-electron chi connectivity index (χ4n) is 2.61. The van der Waals surface area contributed by atoms with Crippen LogP contribution in [0, 0.1) is 5.92 Å². The average molecular weight is 289 g/mol. The molecule has 1 heterocycles. The highest BCUT2D eigenvalue weighted by Gasteiger charge is 2.32. The molecule has 1 nitrogen and oxygen atoms in total. The predicted molar refractivity (Wildman–Crippen MR) is 73.3 cm³/mol. The number of hydrogen-bond donors (Lipinski definition) is 1. The number of halogens is 3. The van der Waals surface area contributed by atoms with Crippen LogP contribution in [0.2, 0.25) is 0 Å². The summed E-state index contributed by atoms with van der Waals surface area (Å²) in [6.07, 6.45) is -2.04. The third-order valence-electron chi connectivity index (χ3n) is 3.55. The lowest BCUT2D eigenvalue weighted by atomic mass is 9.90. The molecule has 0 spiro atoms. The van der Waals surface area contributed by atoms with Crippen LogP contribution >= 0.6 is 11.8 Å². The summed E-state index contributed by atoms with van der Waals surface area (Å²) in [6, 6.07) is 5.70. The highest BCUT2D eigenvalue weighted by molar-refractivity contribution is 7.99. The monoisotopic (exact) mass is 289 g/mol. The first-order chi connectivity index (χ1) is 9.02. The normalized spacial score (nSPS) is 22.2. The number of rotatable bonds is 3. The van der Waals surface area contributed by atoms with Gasteiger partial charge in [-0.1, -0.05) is 12.1 Å². The second-order valence-electron chi connectivity index (χ2n) is 4.87. The molecule has 0 radical (unpaired) electrons. The Morgan fingerprint density at radius 3 is 2.74 bits per heavy atom. The van der Waals surface area contributed by atoms with Crippen molar-refractivity contribution in [1.82, 2.24) is 5.32 Å². The van der Waals surface area contributed by atoms with Gasteiger partial charge in [0.1, 0.15) is 0 Å². The number of hydrogen-bond acceptors (Lipinski definition) is 2. The van der Waals surface area contributed by atoms with Crippen molar-refractivity contribution in [2.45, 2.75) is 25.1 Å². The highest BCUT2D eigenvalue weighted by Crippen LogP contribution is 2.35. The van der Waals surface area contributed by atoms with E-state index in [0.717, 1.165) is 36.0 Å². The molecule has 1 aromatic rings. The van der Waals surface area contributed by atoms with E-state index in [2.05, 4.69) is 5.32 Å². The van der Waals surface area contributed by atoms with Crippen LogP contribution in [0.3, 0.4) is 0 Å². The molecule has 106 valence electrons. The highest BCUT2D eigenvalue weighted by atomic mass is 32.2. The average Bonchev–Trinajstić information content (AvgIpc) is 2.40. The summed E-state index contributed by atoms with van der Waals surface area (Å²) in [5.74, 6) is 2.59. The summed E-state index contributed by atoms with van der Waals surface area (Å²) in [5.41, 5.74) is 0.179. The molecular weight excluding hydrogens is 271 g/mol. The minimum atomic E-state index is -4.27. The lowest BCUT2D eigenvalue weighted by Gasteiger charge is -2.30. The van der Waals surface area contributed by atoms with E-state index in [-0.39, 0.29) is 6.04 Å². The fraction of sp³-hybridized carbons (Fsp3) is 0.571. The largest absolute Gasteiger partial charge is 0.416 e. The van der Waals surface area contributed by atoms with Crippen LogP contribution in [-0.4, -0.2) is 18.6 Å². The maximum atomic E-state index is 12.8. The Morgan fingerprint density at radius 1 is 1.37 bits per heavy atom. The topological polar surface area (TPSA) is 12.0 Å². The molecule has 19 heavy (non-hydrogen) atoms. The quantitative estimate of drug-likeness (QED) is 0.898. The minimum absolute atomic E-state index is 0.00935. The Hall–Kier alpha value is -0.680. The molecule has 0 saturated carbocycles. The lowest BCUT2D eigenvalue weighted by Crippen LogP contribution is -2.29. The van der Waals surface area contributed by atoms with Crippen molar-refractivity contribution in [3.8, 4) is 0 Å². The summed E-state index contributed by atoms with van der Waals surface area (Å²) >= 11 is 1.89. The van der Waals surface area contributed by atoms with Crippen molar-refractivity contribution >= 4 is 11.8 Å². The molecule has 2 atom stereocenters. The van der Waals surface area contributed by atoms with Crippen molar-refractivity contribution in [3.63, 3.8) is 0 Å². The van der Waals surface area contributed by atoms with Crippen LogP contribution in [0.4, 0.5) is 13.2 Å². The van der Waals surface area contributed by atoms with Crippen molar-refractivity contribution < 1.29 is 13.2 Å². The van der Waals surface area contributed by atoms with Crippen LogP contribution in [0.1, 0.15) is 30.0 Å². The van der Waals surface area contributed by atoms with Crippen molar-refractivity contribution in [2.24, 2.45) is 5.92 Å². The van der Waals surface area contributed by atoms with Gasteiger partial charge in [0.15, 0.2) is 0 Å². The van der Waals surface area contributed by atoms with Gasteiger partial charge in [0.25, 0.3) is 0 Å². The lowest BCUT2D eigenvalue weighted by molar-refractivity contribution is -0.137. The van der Waals surface area contributed by atoms with Gasteiger partial charge in [-0.3, -0.25) is 0 Å². The molecule has 0 aromatic heterocycles. The fourth-order valence-corrected chi connectivity index (χ4v) is 3.81. The molecule has 1 aliphatic rings. The molecular formula is C14H18F3NS. The Labute approximate surface area is 116 Å². The van der Waals surface area contributed by atoms with E-state index in [1.54, 1.807) is 6.07 Å². The molecule has 0 amide bonds. The van der Waals surface area contributed by atoms with E-state index in [0.29, 0.717) is 5.92 Å². The second-order valence-corrected chi connectivity index (χ2v) is 6.02. The third-order valence-corrected chi connectivity index (χ3v) is 4.79. The summed E-state index contributed by atoms with van der Waals surface area (Å²) < 4.78 is 38.3. The molecule has 0 bridgehead atoms. The SMILES string of the molecule is CNC(c1cccc(C(F)(F)F)c1)C1CCCSC1. The van der Waals surface area contributed by atoms with E-state index >= 15 is 0 Å². The molecule has 1 aromatic carbocycles. The number of alkyl halides is 3. The van der Waals surface area contributed by atoms with Gasteiger partial charge in [0.2, 0.25) is 0 Å². The maximum absolute atomic E-state index is 12.8. The minimum Gasteiger partial charge on any atom is -0.313 e. The first-order valence-corrected chi connectivity index (χ1v) is 7.60. The van der Waals surface area contributed by atoms with E-state index in [1.807, 2.05) is 18.8 Å². The maximum Gasteiger partial charge on any atom is 0.416 e. The van der Waals surface area contributed by atoms with E-state index in [1.165, 1.54) is 12.1 Å². The van der Waals surface area contributed by atoms with Crippen LogP contribution in [-0.2, 0) is 6.18 Å². The number of thioether (sulfide) groups is 1. The smallest absolute Gasteiger partial charge is 0.313 e. The first-order valence-electron chi connectivity index (χ1n) is 6.44. The molecule has 2 rings (SSSR count). The van der Waals surface area contributed by atoms with Gasteiger partial charge >= 0.3 is 6.18 Å². The zero-order chi connectivity index (χ0) is 13.9. The molecule has 5 heteroatoms. The number of benzene rings is 1. The Bertz CT molecular complexity index is 413. The van der Waals surface area contributed by atoms with E-state index < -0.39 is 11.7 Å². The zero-order valence-corrected chi connectivity index (χ0v) is 11.7. The molecule has 2 unspecified atom stereocenters. The third kappa shape index (κ3) is 3.66. The van der Waals surface area contributed by atoms with Gasteiger partial charge < -0.3 is 5.32 Å². The number of nitrogens with one attached hydrogen (secondary N) is 1. The standard InChI is InChI=1S/C14H18F3NS/c1-18-13(11-5-3-7-19-9-11)10-4-2-6-12(8-10)14(15,16)17/h2,4,6,8,11,13,18H,3,5,7,9H2,1H3. The van der Waals surface area contributed by atoms with E-state index in [4.69, 9.17) is 0 Å². The van der Waals surface area contributed by atoms with Crippen LogP contribution < -0.4 is 5.32 Å². The van der Waals surface area contributed by atoms with Gasteiger partial charge in [-0.05, 0) is 55.0 Å².